The second-order valence-electron chi connectivity index (χ2n) is 4.79. The molecule has 1 unspecified atom stereocenters. The number of para-hydroxylation sites is 2. The van der Waals surface area contributed by atoms with Gasteiger partial charge in [-0.3, -0.25) is 10.00 Å². The number of amides is 1. The first-order valence-electron chi connectivity index (χ1n) is 7.09. The van der Waals surface area contributed by atoms with Crippen molar-refractivity contribution in [1.29, 1.82) is 0 Å². The number of aromatic nitrogens is 2. The lowest BCUT2D eigenvalue weighted by atomic mass is 10.2. The van der Waals surface area contributed by atoms with Crippen molar-refractivity contribution < 1.29 is 19.0 Å². The molecule has 116 valence electrons. The molecule has 7 heteroatoms. The number of anilines is 1. The number of nitrogens with zero attached hydrogens (tertiary/aromatic N) is 2. The molecule has 22 heavy (non-hydrogen) atoms. The fourth-order valence-corrected chi connectivity index (χ4v) is 2.17. The van der Waals surface area contributed by atoms with Gasteiger partial charge in [-0.15, -0.1) is 0 Å². The number of hydrogen-bond acceptors (Lipinski definition) is 5. The van der Waals surface area contributed by atoms with Crippen LogP contribution in [0.2, 0.25) is 0 Å². The minimum Gasteiger partial charge on any atom is -0.486 e. The third-order valence-electron chi connectivity index (χ3n) is 3.11. The highest BCUT2D eigenvalue weighted by Crippen LogP contribution is 2.31. The molecule has 3 rings (SSSR count). The number of hydrogen-bond donors (Lipinski definition) is 1. The summed E-state index contributed by atoms with van der Waals surface area (Å²) in [6.45, 7) is 3.06. The molecule has 0 radical (unpaired) electrons. The van der Waals surface area contributed by atoms with Crippen LogP contribution in [-0.2, 0) is 11.3 Å². The quantitative estimate of drug-likeness (QED) is 0.938. The first-order valence-corrected chi connectivity index (χ1v) is 7.09. The largest absolute Gasteiger partial charge is 0.486 e. The standard InChI is InChI=1S/C15H17N3O4/c1-2-20-15(19)17-11-7-16-18(8-11)9-12-10-21-13-5-3-4-6-14(13)22-12/h3-8,12H,2,9-10H2,1H3,(H,17,19). The van der Waals surface area contributed by atoms with Crippen LogP contribution in [0.4, 0.5) is 10.5 Å². The maximum absolute atomic E-state index is 11.3. The Labute approximate surface area is 127 Å². The van der Waals surface area contributed by atoms with Gasteiger partial charge in [0.2, 0.25) is 0 Å². The van der Waals surface area contributed by atoms with E-state index in [4.69, 9.17) is 14.2 Å². The molecule has 1 aromatic carbocycles. The van der Waals surface area contributed by atoms with Gasteiger partial charge in [0.25, 0.3) is 0 Å². The van der Waals surface area contributed by atoms with Crippen molar-refractivity contribution in [2.75, 3.05) is 18.5 Å². The summed E-state index contributed by atoms with van der Waals surface area (Å²) in [5.41, 5.74) is 0.579. The number of benzene rings is 1. The Kier molecular flexibility index (Phi) is 4.13. The van der Waals surface area contributed by atoms with Crippen molar-refractivity contribution in [3.05, 3.63) is 36.7 Å². The lowest BCUT2D eigenvalue weighted by Gasteiger charge is -2.26. The normalized spacial score (nSPS) is 16.1. The van der Waals surface area contributed by atoms with Crippen LogP contribution in [-0.4, -0.2) is 35.2 Å². The van der Waals surface area contributed by atoms with Gasteiger partial charge < -0.3 is 14.2 Å². The highest BCUT2D eigenvalue weighted by Gasteiger charge is 2.21. The SMILES string of the molecule is CCOC(=O)Nc1cnn(CC2COc3ccccc3O2)c1. The minimum atomic E-state index is -0.492. The molecule has 0 aliphatic carbocycles. The third kappa shape index (κ3) is 3.30. The second-order valence-corrected chi connectivity index (χ2v) is 4.79. The lowest BCUT2D eigenvalue weighted by Crippen LogP contribution is -2.33. The van der Waals surface area contributed by atoms with Crippen molar-refractivity contribution in [2.45, 2.75) is 19.6 Å². The zero-order chi connectivity index (χ0) is 15.4. The van der Waals surface area contributed by atoms with Crippen LogP contribution in [0.25, 0.3) is 0 Å². The first kappa shape index (κ1) is 14.2. The van der Waals surface area contributed by atoms with E-state index < -0.39 is 6.09 Å². The first-order chi connectivity index (χ1) is 10.7. The Balaban J connectivity index is 1.58. The number of nitrogens with one attached hydrogen (secondary N) is 1. The molecule has 2 heterocycles. The zero-order valence-corrected chi connectivity index (χ0v) is 12.2. The molecule has 0 spiro atoms. The van der Waals surface area contributed by atoms with Crippen LogP contribution in [0.1, 0.15) is 6.92 Å². The fourth-order valence-electron chi connectivity index (χ4n) is 2.17. The number of fused-ring (bicyclic) bond motifs is 1. The maximum atomic E-state index is 11.3. The number of rotatable bonds is 4. The molecule has 1 aliphatic rings. The Morgan fingerprint density at radius 2 is 2.27 bits per heavy atom. The Morgan fingerprint density at radius 1 is 1.45 bits per heavy atom. The molecule has 1 amide bonds. The average Bonchev–Trinajstić information content (AvgIpc) is 2.94. The topological polar surface area (TPSA) is 74.6 Å². The van der Waals surface area contributed by atoms with Gasteiger partial charge in [-0.25, -0.2) is 4.79 Å². The van der Waals surface area contributed by atoms with Crippen LogP contribution < -0.4 is 14.8 Å². The van der Waals surface area contributed by atoms with E-state index in [0.717, 1.165) is 11.5 Å². The molecule has 1 aromatic heterocycles. The highest BCUT2D eigenvalue weighted by atomic mass is 16.6. The number of carbonyl (C=O) groups is 1. The predicted molar refractivity (Wildman–Crippen MR) is 79.2 cm³/mol. The van der Waals surface area contributed by atoms with Gasteiger partial charge in [0.15, 0.2) is 17.6 Å². The molecule has 1 N–H and O–H groups in total. The molecule has 0 bridgehead atoms. The molecule has 0 saturated carbocycles. The van der Waals surface area contributed by atoms with Gasteiger partial charge in [-0.05, 0) is 19.1 Å². The van der Waals surface area contributed by atoms with Crippen LogP contribution in [0.3, 0.4) is 0 Å². The summed E-state index contributed by atoms with van der Waals surface area (Å²) in [7, 11) is 0. The van der Waals surface area contributed by atoms with Gasteiger partial charge >= 0.3 is 6.09 Å². The molecular formula is C15H17N3O4. The van der Waals surface area contributed by atoms with Gasteiger partial charge in [0.1, 0.15) is 6.61 Å². The lowest BCUT2D eigenvalue weighted by molar-refractivity contribution is 0.0759. The van der Waals surface area contributed by atoms with E-state index >= 15 is 0 Å². The van der Waals surface area contributed by atoms with Crippen molar-refractivity contribution in [3.63, 3.8) is 0 Å². The van der Waals surface area contributed by atoms with E-state index in [-0.39, 0.29) is 6.10 Å². The predicted octanol–water partition coefficient (Wildman–Crippen LogP) is 2.29. The molecule has 1 aliphatic heterocycles. The summed E-state index contributed by atoms with van der Waals surface area (Å²) >= 11 is 0. The van der Waals surface area contributed by atoms with Crippen molar-refractivity contribution in [2.24, 2.45) is 0 Å². The zero-order valence-electron chi connectivity index (χ0n) is 12.2. The minimum absolute atomic E-state index is 0.134. The monoisotopic (exact) mass is 303 g/mol. The summed E-state index contributed by atoms with van der Waals surface area (Å²) in [5, 5.41) is 6.79. The highest BCUT2D eigenvalue weighted by molar-refractivity contribution is 5.84. The summed E-state index contributed by atoms with van der Waals surface area (Å²) in [4.78, 5) is 11.3. The van der Waals surface area contributed by atoms with Crippen LogP contribution in [0, 0.1) is 0 Å². The molecule has 1 atom stereocenters. The molecular weight excluding hydrogens is 286 g/mol. The summed E-state index contributed by atoms with van der Waals surface area (Å²) < 4.78 is 18.0. The summed E-state index contributed by atoms with van der Waals surface area (Å²) in [6, 6.07) is 7.56. The molecule has 2 aromatic rings. The van der Waals surface area contributed by atoms with E-state index in [9.17, 15) is 4.79 Å². The Bertz CT molecular complexity index is 656. The van der Waals surface area contributed by atoms with Crippen LogP contribution in [0.5, 0.6) is 11.5 Å². The van der Waals surface area contributed by atoms with E-state index in [2.05, 4.69) is 10.4 Å². The molecule has 0 saturated heterocycles. The number of ether oxygens (including phenoxy) is 3. The van der Waals surface area contributed by atoms with Crippen LogP contribution >= 0.6 is 0 Å². The van der Waals surface area contributed by atoms with Gasteiger partial charge in [-0.1, -0.05) is 12.1 Å². The maximum Gasteiger partial charge on any atom is 0.411 e. The van der Waals surface area contributed by atoms with E-state index in [1.165, 1.54) is 0 Å². The summed E-state index contributed by atoms with van der Waals surface area (Å²) in [6.07, 6.45) is 2.66. The van der Waals surface area contributed by atoms with E-state index in [1.54, 1.807) is 24.0 Å². The second kappa shape index (κ2) is 6.38. The summed E-state index contributed by atoms with van der Waals surface area (Å²) in [5.74, 6) is 1.49. The van der Waals surface area contributed by atoms with E-state index in [0.29, 0.717) is 25.4 Å². The number of carbonyl (C=O) groups excluding carboxylic acids is 1. The Hall–Kier alpha value is -2.70. The molecule has 0 fully saturated rings. The van der Waals surface area contributed by atoms with Crippen molar-refractivity contribution >= 4 is 11.8 Å². The van der Waals surface area contributed by atoms with Gasteiger partial charge in [0, 0.05) is 6.20 Å². The van der Waals surface area contributed by atoms with Crippen molar-refractivity contribution in [1.82, 2.24) is 9.78 Å². The van der Waals surface area contributed by atoms with Gasteiger partial charge in [-0.2, -0.15) is 5.10 Å². The average molecular weight is 303 g/mol. The third-order valence-corrected chi connectivity index (χ3v) is 3.11. The molecule has 7 nitrogen and oxygen atoms in total. The fraction of sp³-hybridized carbons (Fsp3) is 0.333. The Morgan fingerprint density at radius 3 is 3.09 bits per heavy atom. The van der Waals surface area contributed by atoms with Crippen molar-refractivity contribution in [3.8, 4) is 11.5 Å². The van der Waals surface area contributed by atoms with Crippen LogP contribution in [0.15, 0.2) is 36.7 Å². The van der Waals surface area contributed by atoms with Gasteiger partial charge in [0.05, 0.1) is 25.0 Å². The smallest absolute Gasteiger partial charge is 0.411 e. The van der Waals surface area contributed by atoms with E-state index in [1.807, 2.05) is 24.3 Å².